The Labute approximate surface area is 253 Å². The number of amides is 2. The number of rotatable bonds is 19. The summed E-state index contributed by atoms with van der Waals surface area (Å²) in [6.07, 6.45) is 0.649. The Bertz CT molecular complexity index is 1410. The van der Waals surface area contributed by atoms with Gasteiger partial charge >= 0.3 is 5.97 Å². The molecule has 2 atom stereocenters. The lowest BCUT2D eigenvalue weighted by atomic mass is 9.91. The van der Waals surface area contributed by atoms with Gasteiger partial charge in [0.15, 0.2) is 5.78 Å². The third-order valence-corrected chi connectivity index (χ3v) is 7.07. The summed E-state index contributed by atoms with van der Waals surface area (Å²) in [7, 11) is 0. The lowest BCUT2D eigenvalue weighted by Gasteiger charge is -2.20. The van der Waals surface area contributed by atoms with Crippen molar-refractivity contribution in [3.63, 3.8) is 0 Å². The summed E-state index contributed by atoms with van der Waals surface area (Å²) >= 11 is 6.09. The number of aromatic nitrogens is 1. The van der Waals surface area contributed by atoms with E-state index in [9.17, 15) is 24.0 Å². The Morgan fingerprint density at radius 1 is 1.00 bits per heavy atom. The first-order valence-electron chi connectivity index (χ1n) is 13.9. The monoisotopic (exact) mass is 611 g/mol. The minimum absolute atomic E-state index is 0.00875. The molecule has 2 aromatic carbocycles. The maximum Gasteiger partial charge on any atom is 0.303 e. The number of nitrogens with two attached hydrogens (primary N) is 1. The first kappa shape index (κ1) is 33.0. The zero-order valence-electron chi connectivity index (χ0n) is 23.5. The third kappa shape index (κ3) is 11.0. The van der Waals surface area contributed by atoms with Crippen LogP contribution in [-0.2, 0) is 35.1 Å². The number of ketones is 1. The number of hydrogen-bond donors (Lipinski definition) is 3. The van der Waals surface area contributed by atoms with Crippen LogP contribution in [0.1, 0.15) is 50.7 Å². The van der Waals surface area contributed by atoms with E-state index < -0.39 is 35.5 Å². The molecule has 3 aromatic rings. The molecule has 0 radical (unpaired) electrons. The van der Waals surface area contributed by atoms with Crippen LogP contribution >= 0.6 is 11.6 Å². The maximum atomic E-state index is 13.0. The lowest BCUT2D eigenvalue weighted by Crippen LogP contribution is -2.42. The van der Waals surface area contributed by atoms with Gasteiger partial charge in [0.2, 0.25) is 11.8 Å². The van der Waals surface area contributed by atoms with Gasteiger partial charge in [0.05, 0.1) is 12.6 Å². The number of nitrogens with one attached hydrogen (secondary N) is 1. The molecular formula is C31H34ClN3O8. The Hall–Kier alpha value is -4.51. The van der Waals surface area contributed by atoms with E-state index in [2.05, 4.69) is 15.2 Å². The molecule has 12 heteroatoms. The van der Waals surface area contributed by atoms with Crippen molar-refractivity contribution in [2.24, 2.45) is 11.7 Å². The number of Topliss-reactive ketones (excluding diaryl/α,β-unsaturated/α-hetero) is 1. The van der Waals surface area contributed by atoms with Gasteiger partial charge in [-0.3, -0.25) is 24.0 Å². The number of aliphatic carboxylic acids is 1. The molecule has 1 aromatic heterocycles. The number of carbonyl (C=O) groups is 5. The van der Waals surface area contributed by atoms with Gasteiger partial charge in [-0.2, -0.15) is 0 Å². The normalized spacial score (nSPS) is 12.2. The van der Waals surface area contributed by atoms with Crippen molar-refractivity contribution < 1.29 is 38.3 Å². The number of halogens is 1. The number of carboxylic acids is 1. The molecular weight excluding hydrogens is 578 g/mol. The minimum atomic E-state index is -1.01. The molecule has 0 saturated heterocycles. The Morgan fingerprint density at radius 3 is 2.42 bits per heavy atom. The molecule has 3 rings (SSSR count). The second kappa shape index (κ2) is 16.8. The van der Waals surface area contributed by atoms with Crippen LogP contribution in [0.15, 0.2) is 59.1 Å². The molecule has 1 heterocycles. The molecule has 2 amide bonds. The predicted octanol–water partition coefficient (Wildman–Crippen LogP) is 4.35. The van der Waals surface area contributed by atoms with Crippen LogP contribution in [-0.4, -0.2) is 53.0 Å². The summed E-state index contributed by atoms with van der Waals surface area (Å²) in [5.41, 5.74) is 8.86. The second-order valence-corrected chi connectivity index (χ2v) is 10.5. The molecule has 228 valence electrons. The van der Waals surface area contributed by atoms with E-state index in [0.29, 0.717) is 29.4 Å². The number of aryl methyl sites for hydroxylation is 1. The van der Waals surface area contributed by atoms with E-state index >= 15 is 0 Å². The molecule has 43 heavy (non-hydrogen) atoms. The minimum Gasteiger partial charge on any atom is -0.481 e. The van der Waals surface area contributed by atoms with Gasteiger partial charge in [-0.15, -0.1) is 0 Å². The smallest absolute Gasteiger partial charge is 0.303 e. The van der Waals surface area contributed by atoms with Gasteiger partial charge in [-0.05, 0) is 48.9 Å². The van der Waals surface area contributed by atoms with Gasteiger partial charge in [0.1, 0.15) is 11.5 Å². The molecule has 0 saturated carbocycles. The van der Waals surface area contributed by atoms with E-state index in [0.717, 1.165) is 16.7 Å². The van der Waals surface area contributed by atoms with Crippen LogP contribution in [0, 0.1) is 5.92 Å². The van der Waals surface area contributed by atoms with Crippen LogP contribution in [0.2, 0.25) is 5.02 Å². The van der Waals surface area contributed by atoms with Gasteiger partial charge in [-0.1, -0.05) is 53.2 Å². The van der Waals surface area contributed by atoms with Gasteiger partial charge < -0.3 is 25.4 Å². The van der Waals surface area contributed by atoms with E-state index in [1.165, 1.54) is 0 Å². The third-order valence-electron chi connectivity index (χ3n) is 6.84. The second-order valence-electron chi connectivity index (χ2n) is 10.1. The van der Waals surface area contributed by atoms with E-state index in [-0.39, 0.29) is 51.6 Å². The summed E-state index contributed by atoms with van der Waals surface area (Å²) < 4.78 is 10.1. The lowest BCUT2D eigenvalue weighted by molar-refractivity contribution is -0.137. The molecule has 0 aliphatic heterocycles. The highest BCUT2D eigenvalue weighted by Gasteiger charge is 2.26. The standard InChI is InChI=1S/C31H34ClN3O8/c32-24-6-1-4-22(16-24)20-9-11-21(12-10-20)27-18-25(43-35-27)13-14-29(38)34-26(7-3-15-42-19-36)28(37)17-23(31(33)41)5-2-8-30(39)40/h1,4,6,9-12,16,18-19,23,26H,2-3,5,7-8,13-15,17H2,(H2,33,41)(H,34,38)(H,39,40)/t23-,26+/m1/s1. The largest absolute Gasteiger partial charge is 0.481 e. The summed E-state index contributed by atoms with van der Waals surface area (Å²) in [5, 5.41) is 16.3. The molecule has 0 unspecified atom stereocenters. The highest BCUT2D eigenvalue weighted by molar-refractivity contribution is 6.30. The average molecular weight is 612 g/mol. The van der Waals surface area contributed by atoms with Crippen molar-refractivity contribution >= 4 is 41.6 Å². The zero-order valence-corrected chi connectivity index (χ0v) is 24.3. The first-order valence-corrected chi connectivity index (χ1v) is 14.2. The van der Waals surface area contributed by atoms with Crippen LogP contribution in [0.25, 0.3) is 22.4 Å². The highest BCUT2D eigenvalue weighted by Crippen LogP contribution is 2.26. The number of primary amides is 1. The van der Waals surface area contributed by atoms with Gasteiger partial charge in [-0.25, -0.2) is 0 Å². The van der Waals surface area contributed by atoms with Crippen molar-refractivity contribution in [2.45, 2.75) is 57.4 Å². The Kier molecular flexibility index (Phi) is 12.9. The summed E-state index contributed by atoms with van der Waals surface area (Å²) in [6, 6.07) is 16.1. The fourth-order valence-electron chi connectivity index (χ4n) is 4.53. The number of benzene rings is 2. The van der Waals surface area contributed by atoms with Gasteiger partial charge in [0.25, 0.3) is 6.47 Å². The summed E-state index contributed by atoms with van der Waals surface area (Å²) in [5.74, 6) is -2.93. The first-order chi connectivity index (χ1) is 20.7. The molecule has 0 spiro atoms. The topological polar surface area (TPSA) is 179 Å². The maximum absolute atomic E-state index is 13.0. The van der Waals surface area contributed by atoms with E-state index in [1.54, 1.807) is 6.07 Å². The molecule has 0 aliphatic rings. The Balaban J connectivity index is 1.57. The summed E-state index contributed by atoms with van der Waals surface area (Å²) in [6.45, 7) is 0.349. The van der Waals surface area contributed by atoms with Crippen molar-refractivity contribution in [3.05, 3.63) is 65.4 Å². The fraction of sp³-hybridized carbons (Fsp3) is 0.355. The molecule has 4 N–H and O–H groups in total. The predicted molar refractivity (Wildman–Crippen MR) is 158 cm³/mol. The average Bonchev–Trinajstić information content (AvgIpc) is 3.46. The van der Waals surface area contributed by atoms with Crippen molar-refractivity contribution in [2.75, 3.05) is 6.61 Å². The van der Waals surface area contributed by atoms with Crippen LogP contribution in [0.4, 0.5) is 0 Å². The number of ether oxygens (including phenoxy) is 1. The van der Waals surface area contributed by atoms with Crippen molar-refractivity contribution in [1.82, 2.24) is 10.5 Å². The quantitative estimate of drug-likeness (QED) is 0.131. The zero-order chi connectivity index (χ0) is 31.2. The van der Waals surface area contributed by atoms with Crippen LogP contribution in [0.5, 0.6) is 0 Å². The number of carboxylic acid groups (broad SMARTS) is 1. The van der Waals surface area contributed by atoms with Crippen molar-refractivity contribution in [3.8, 4) is 22.4 Å². The number of carbonyl (C=O) groups excluding carboxylic acids is 4. The SMILES string of the molecule is NC(=O)[C@H](CCCC(=O)O)CC(=O)[C@H](CCCOC=O)NC(=O)CCc1cc(-c2ccc(-c3cccc(Cl)c3)cc2)no1. The van der Waals surface area contributed by atoms with E-state index in [4.69, 9.17) is 27.0 Å². The van der Waals surface area contributed by atoms with E-state index in [1.807, 2.05) is 48.5 Å². The Morgan fingerprint density at radius 2 is 1.74 bits per heavy atom. The number of hydrogen-bond acceptors (Lipinski definition) is 8. The van der Waals surface area contributed by atoms with Crippen LogP contribution < -0.4 is 11.1 Å². The van der Waals surface area contributed by atoms with Crippen LogP contribution in [0.3, 0.4) is 0 Å². The number of nitrogens with zero attached hydrogens (tertiary/aromatic N) is 1. The van der Waals surface area contributed by atoms with Gasteiger partial charge in [0, 0.05) is 48.3 Å². The molecule has 0 aliphatic carbocycles. The summed E-state index contributed by atoms with van der Waals surface area (Å²) in [4.78, 5) is 58.9. The fourth-order valence-corrected chi connectivity index (χ4v) is 4.72. The molecule has 0 bridgehead atoms. The molecule has 11 nitrogen and oxygen atoms in total. The van der Waals surface area contributed by atoms with Crippen molar-refractivity contribution in [1.29, 1.82) is 0 Å². The highest BCUT2D eigenvalue weighted by atomic mass is 35.5. The molecule has 0 fully saturated rings.